The summed E-state index contributed by atoms with van der Waals surface area (Å²) in [6.07, 6.45) is 0.777. The van der Waals surface area contributed by atoms with E-state index in [-0.39, 0.29) is 33.0 Å². The van der Waals surface area contributed by atoms with E-state index in [2.05, 4.69) is 15.6 Å². The largest absolute Gasteiger partial charge is 0.495 e. The van der Waals surface area contributed by atoms with Gasteiger partial charge in [0.25, 0.3) is 15.9 Å². The lowest BCUT2D eigenvalue weighted by atomic mass is 10.2. The minimum absolute atomic E-state index is 0.0268. The van der Waals surface area contributed by atoms with Crippen LogP contribution in [0.4, 0.5) is 5.69 Å². The molecule has 3 N–H and O–H groups in total. The molecule has 0 aromatic heterocycles. The van der Waals surface area contributed by atoms with Crippen LogP contribution in [0.25, 0.3) is 0 Å². The molecule has 1 fully saturated rings. The number of benzene rings is 2. The number of sulfonamides is 1. The van der Waals surface area contributed by atoms with Crippen molar-refractivity contribution >= 4 is 39.1 Å². The molecular weight excluding hydrogens is 418 g/mol. The third-order valence-electron chi connectivity index (χ3n) is 4.58. The van der Waals surface area contributed by atoms with Crippen molar-refractivity contribution in [3.8, 4) is 5.75 Å². The maximum absolute atomic E-state index is 12.8. The third-order valence-corrected chi connectivity index (χ3v) is 6.43. The number of rotatable bonds is 6. The quantitative estimate of drug-likeness (QED) is 0.601. The summed E-state index contributed by atoms with van der Waals surface area (Å²) in [6.45, 7) is 1.94. The monoisotopic (exact) mass is 437 g/mol. The molecule has 2 aromatic carbocycles. The Bertz CT molecular complexity index is 1060. The number of ether oxygens (including phenoxy) is 1. The van der Waals surface area contributed by atoms with Crippen LogP contribution in [-0.4, -0.2) is 27.3 Å². The van der Waals surface area contributed by atoms with Gasteiger partial charge in [-0.2, -0.15) is 0 Å². The van der Waals surface area contributed by atoms with Crippen molar-refractivity contribution in [2.75, 3.05) is 11.8 Å². The Hall–Kier alpha value is -2.78. The van der Waals surface area contributed by atoms with E-state index >= 15 is 0 Å². The Labute approximate surface area is 173 Å². The van der Waals surface area contributed by atoms with E-state index in [1.165, 1.54) is 25.3 Å². The zero-order valence-electron chi connectivity index (χ0n) is 15.7. The van der Waals surface area contributed by atoms with Crippen LogP contribution in [0.5, 0.6) is 5.75 Å². The SMILES string of the molecule is COc1ccccc1NS(=O)(=O)c1cc(C(=O)NNC(=O)[C@@H]2C[C@H]2C)ccc1Cl. The number of amides is 2. The molecule has 1 aliphatic rings. The molecule has 2 atom stereocenters. The second-order valence-electron chi connectivity index (χ2n) is 6.71. The number of hydrogen-bond acceptors (Lipinski definition) is 5. The van der Waals surface area contributed by atoms with Gasteiger partial charge in [-0.1, -0.05) is 30.7 Å². The number of carbonyl (C=O) groups excluding carboxylic acids is 2. The second-order valence-corrected chi connectivity index (χ2v) is 8.77. The van der Waals surface area contributed by atoms with E-state index in [4.69, 9.17) is 16.3 Å². The van der Waals surface area contributed by atoms with Gasteiger partial charge in [-0.05, 0) is 42.7 Å². The molecular formula is C19H20ClN3O5S. The molecule has 0 saturated heterocycles. The smallest absolute Gasteiger partial charge is 0.269 e. The van der Waals surface area contributed by atoms with Gasteiger partial charge in [0.2, 0.25) is 5.91 Å². The molecule has 0 spiro atoms. The average Bonchev–Trinajstić information content (AvgIpc) is 3.43. The van der Waals surface area contributed by atoms with Crippen molar-refractivity contribution in [3.05, 3.63) is 53.1 Å². The van der Waals surface area contributed by atoms with Crippen molar-refractivity contribution in [2.24, 2.45) is 11.8 Å². The summed E-state index contributed by atoms with van der Waals surface area (Å²) in [5.74, 6) is -0.414. The fourth-order valence-electron chi connectivity index (χ4n) is 2.75. The molecule has 154 valence electrons. The van der Waals surface area contributed by atoms with Crippen LogP contribution in [0.1, 0.15) is 23.7 Å². The number of anilines is 1. The summed E-state index contributed by atoms with van der Waals surface area (Å²) >= 11 is 6.07. The number of hydrogen-bond donors (Lipinski definition) is 3. The van der Waals surface area contributed by atoms with Gasteiger partial charge < -0.3 is 4.74 Å². The highest BCUT2D eigenvalue weighted by Crippen LogP contribution is 2.37. The van der Waals surface area contributed by atoms with E-state index in [1.807, 2.05) is 6.92 Å². The van der Waals surface area contributed by atoms with E-state index in [0.29, 0.717) is 11.7 Å². The van der Waals surface area contributed by atoms with Gasteiger partial charge >= 0.3 is 0 Å². The molecule has 0 unspecified atom stereocenters. The Morgan fingerprint density at radius 1 is 1.14 bits per heavy atom. The van der Waals surface area contributed by atoms with Crippen molar-refractivity contribution in [1.29, 1.82) is 0 Å². The third kappa shape index (κ3) is 4.80. The van der Waals surface area contributed by atoms with Crippen LogP contribution in [-0.2, 0) is 14.8 Å². The molecule has 29 heavy (non-hydrogen) atoms. The van der Waals surface area contributed by atoms with Crippen molar-refractivity contribution in [2.45, 2.75) is 18.2 Å². The van der Waals surface area contributed by atoms with Gasteiger partial charge in [0.15, 0.2) is 0 Å². The van der Waals surface area contributed by atoms with Gasteiger partial charge in [-0.3, -0.25) is 25.2 Å². The zero-order valence-corrected chi connectivity index (χ0v) is 17.3. The topological polar surface area (TPSA) is 114 Å². The Morgan fingerprint density at radius 3 is 2.48 bits per heavy atom. The summed E-state index contributed by atoms with van der Waals surface area (Å²) in [5.41, 5.74) is 4.89. The number of carbonyl (C=O) groups is 2. The molecule has 10 heteroatoms. The summed E-state index contributed by atoms with van der Waals surface area (Å²) in [7, 11) is -2.69. The number of hydrazine groups is 1. The van der Waals surface area contributed by atoms with Crippen LogP contribution in [0.15, 0.2) is 47.4 Å². The Kier molecular flexibility index (Phi) is 5.99. The maximum Gasteiger partial charge on any atom is 0.269 e. The van der Waals surface area contributed by atoms with Crippen LogP contribution < -0.4 is 20.3 Å². The predicted molar refractivity (Wildman–Crippen MR) is 108 cm³/mol. The maximum atomic E-state index is 12.8. The highest BCUT2D eigenvalue weighted by atomic mass is 35.5. The summed E-state index contributed by atoms with van der Waals surface area (Å²) in [6, 6.07) is 10.3. The van der Waals surface area contributed by atoms with E-state index in [1.54, 1.807) is 18.2 Å². The molecule has 0 radical (unpaired) electrons. The van der Waals surface area contributed by atoms with Gasteiger partial charge in [-0.15, -0.1) is 0 Å². The first-order valence-corrected chi connectivity index (χ1v) is 10.6. The number of methoxy groups -OCH3 is 1. The van der Waals surface area contributed by atoms with Crippen molar-refractivity contribution < 1.29 is 22.7 Å². The first-order chi connectivity index (χ1) is 13.7. The molecule has 2 amide bonds. The van der Waals surface area contributed by atoms with E-state index < -0.39 is 15.9 Å². The fraction of sp³-hybridized carbons (Fsp3) is 0.263. The zero-order chi connectivity index (χ0) is 21.2. The molecule has 2 aromatic rings. The molecule has 1 saturated carbocycles. The minimum atomic E-state index is -4.10. The minimum Gasteiger partial charge on any atom is -0.495 e. The first kappa shape index (κ1) is 20.9. The Morgan fingerprint density at radius 2 is 1.83 bits per heavy atom. The standard InChI is InChI=1S/C19H20ClN3O5S/c1-11-9-13(11)19(25)22-21-18(24)12-7-8-14(20)17(10-12)29(26,27)23-15-5-3-4-6-16(15)28-2/h3-8,10-11,13,23H,9H2,1-2H3,(H,21,24)(H,22,25)/t11-,13-/m1/s1. The van der Waals surface area contributed by atoms with Crippen LogP contribution >= 0.6 is 11.6 Å². The average molecular weight is 438 g/mol. The normalized spacial score (nSPS) is 17.9. The van der Waals surface area contributed by atoms with Crippen LogP contribution in [0.3, 0.4) is 0 Å². The van der Waals surface area contributed by atoms with E-state index in [9.17, 15) is 18.0 Å². The van der Waals surface area contributed by atoms with E-state index in [0.717, 1.165) is 12.5 Å². The van der Waals surface area contributed by atoms with Gasteiger partial charge in [0.05, 0.1) is 17.8 Å². The van der Waals surface area contributed by atoms with Gasteiger partial charge in [0, 0.05) is 11.5 Å². The lowest BCUT2D eigenvalue weighted by molar-refractivity contribution is -0.123. The lowest BCUT2D eigenvalue weighted by Crippen LogP contribution is -2.42. The molecule has 0 aliphatic heterocycles. The summed E-state index contributed by atoms with van der Waals surface area (Å²) in [4.78, 5) is 23.9. The number of nitrogens with one attached hydrogen (secondary N) is 3. The molecule has 8 nitrogen and oxygen atoms in total. The second kappa shape index (κ2) is 8.30. The van der Waals surface area contributed by atoms with Crippen molar-refractivity contribution in [1.82, 2.24) is 10.9 Å². The van der Waals surface area contributed by atoms with Gasteiger partial charge in [0.1, 0.15) is 10.6 Å². The van der Waals surface area contributed by atoms with Crippen molar-refractivity contribution in [3.63, 3.8) is 0 Å². The highest BCUT2D eigenvalue weighted by molar-refractivity contribution is 7.92. The van der Waals surface area contributed by atoms with Crippen LogP contribution in [0, 0.1) is 11.8 Å². The first-order valence-electron chi connectivity index (χ1n) is 8.78. The summed E-state index contributed by atoms with van der Waals surface area (Å²) in [5, 5.41) is -0.0558. The Balaban J connectivity index is 1.78. The number of halogens is 1. The highest BCUT2D eigenvalue weighted by Gasteiger charge is 2.39. The molecule has 0 bridgehead atoms. The molecule has 0 heterocycles. The lowest BCUT2D eigenvalue weighted by Gasteiger charge is -2.13. The van der Waals surface area contributed by atoms with Crippen LogP contribution in [0.2, 0.25) is 5.02 Å². The molecule has 3 rings (SSSR count). The number of para-hydroxylation sites is 2. The molecule has 1 aliphatic carbocycles. The summed E-state index contributed by atoms with van der Waals surface area (Å²) < 4.78 is 33.2. The predicted octanol–water partition coefficient (Wildman–Crippen LogP) is 2.57. The van der Waals surface area contributed by atoms with Gasteiger partial charge in [-0.25, -0.2) is 8.42 Å². The fourth-order valence-corrected chi connectivity index (χ4v) is 4.35.